The maximum Gasteiger partial charge on any atom is 0.416 e. The standard InChI is InChI=1S/C19H18ClF3N2O3S/c1-2-29(27,28)25-9-3-4-12-10-13(5-8-17(12)25)18(26)24-16-11-14(19(21,22)23)6-7-15(16)20/h5-8,10-11H,2-4,9H2,1H3,(H,24,26). The van der Waals surface area contributed by atoms with E-state index >= 15 is 0 Å². The van der Waals surface area contributed by atoms with Gasteiger partial charge >= 0.3 is 6.18 Å². The number of benzene rings is 2. The monoisotopic (exact) mass is 446 g/mol. The largest absolute Gasteiger partial charge is 0.416 e. The van der Waals surface area contributed by atoms with Crippen LogP contribution in [0.1, 0.15) is 34.8 Å². The van der Waals surface area contributed by atoms with Gasteiger partial charge in [-0.3, -0.25) is 9.10 Å². The Labute approximate surface area is 171 Å². The van der Waals surface area contributed by atoms with Crippen LogP contribution in [0.2, 0.25) is 5.02 Å². The fraction of sp³-hybridized carbons (Fsp3) is 0.316. The minimum absolute atomic E-state index is 0.0236. The summed E-state index contributed by atoms with van der Waals surface area (Å²) in [5.41, 5.74) is 0.332. The highest BCUT2D eigenvalue weighted by molar-refractivity contribution is 7.92. The summed E-state index contributed by atoms with van der Waals surface area (Å²) in [4.78, 5) is 12.6. The van der Waals surface area contributed by atoms with Crippen LogP contribution in [0.3, 0.4) is 0 Å². The molecule has 0 bridgehead atoms. The van der Waals surface area contributed by atoms with Crippen LogP contribution in [0, 0.1) is 0 Å². The van der Waals surface area contributed by atoms with Gasteiger partial charge < -0.3 is 5.32 Å². The predicted octanol–water partition coefficient (Wildman–Crippen LogP) is 4.71. The van der Waals surface area contributed by atoms with Crippen molar-refractivity contribution in [3.05, 3.63) is 58.1 Å². The SMILES string of the molecule is CCS(=O)(=O)N1CCCc2cc(C(=O)Nc3cc(C(F)(F)F)ccc3Cl)ccc21. The molecule has 156 valence electrons. The lowest BCUT2D eigenvalue weighted by atomic mass is 10.0. The second-order valence-corrected chi connectivity index (χ2v) is 9.16. The van der Waals surface area contributed by atoms with E-state index in [4.69, 9.17) is 11.6 Å². The first-order valence-electron chi connectivity index (χ1n) is 8.84. The third kappa shape index (κ3) is 4.51. The summed E-state index contributed by atoms with van der Waals surface area (Å²) < 4.78 is 64.6. The zero-order chi connectivity index (χ0) is 21.4. The van der Waals surface area contributed by atoms with Crippen molar-refractivity contribution in [1.29, 1.82) is 0 Å². The summed E-state index contributed by atoms with van der Waals surface area (Å²) in [5, 5.41) is 2.37. The Bertz CT molecular complexity index is 1060. The number of nitrogens with one attached hydrogen (secondary N) is 1. The van der Waals surface area contributed by atoms with Gasteiger partial charge in [0, 0.05) is 12.1 Å². The third-order valence-corrected chi connectivity index (χ3v) is 6.77. The Hall–Kier alpha value is -2.26. The number of rotatable bonds is 4. The van der Waals surface area contributed by atoms with Gasteiger partial charge in [0.1, 0.15) is 0 Å². The van der Waals surface area contributed by atoms with Crippen LogP contribution in [0.5, 0.6) is 0 Å². The van der Waals surface area contributed by atoms with Gasteiger partial charge in [0.25, 0.3) is 5.91 Å². The van der Waals surface area contributed by atoms with Crippen molar-refractivity contribution in [2.75, 3.05) is 21.9 Å². The number of hydrogen-bond acceptors (Lipinski definition) is 3. The lowest BCUT2D eigenvalue weighted by Gasteiger charge is -2.30. The van der Waals surface area contributed by atoms with E-state index in [1.165, 1.54) is 10.4 Å². The molecule has 29 heavy (non-hydrogen) atoms. The molecule has 0 spiro atoms. The van der Waals surface area contributed by atoms with E-state index in [9.17, 15) is 26.4 Å². The Balaban J connectivity index is 1.89. The first-order chi connectivity index (χ1) is 13.5. The first kappa shape index (κ1) is 21.4. The van der Waals surface area contributed by atoms with Gasteiger partial charge in [0.15, 0.2) is 0 Å². The molecular formula is C19H18ClF3N2O3S. The second-order valence-electron chi connectivity index (χ2n) is 6.57. The maximum atomic E-state index is 12.9. The van der Waals surface area contributed by atoms with E-state index in [-0.39, 0.29) is 22.0 Å². The summed E-state index contributed by atoms with van der Waals surface area (Å²) >= 11 is 5.92. The van der Waals surface area contributed by atoms with Crippen LogP contribution in [-0.4, -0.2) is 26.6 Å². The average molecular weight is 447 g/mol. The fourth-order valence-corrected chi connectivity index (χ4v) is 4.50. The number of nitrogens with zero attached hydrogens (tertiary/aromatic N) is 1. The van der Waals surface area contributed by atoms with Gasteiger partial charge in [-0.2, -0.15) is 13.2 Å². The highest BCUT2D eigenvalue weighted by Gasteiger charge is 2.31. The van der Waals surface area contributed by atoms with Crippen molar-refractivity contribution >= 4 is 38.9 Å². The Kier molecular flexibility index (Phi) is 5.82. The third-order valence-electron chi connectivity index (χ3n) is 4.66. The summed E-state index contributed by atoms with van der Waals surface area (Å²) in [6, 6.07) is 7.22. The number of sulfonamides is 1. The smallest absolute Gasteiger partial charge is 0.321 e. The number of alkyl halides is 3. The van der Waals surface area contributed by atoms with E-state index in [0.717, 1.165) is 18.2 Å². The fourth-order valence-electron chi connectivity index (χ4n) is 3.14. The minimum Gasteiger partial charge on any atom is -0.321 e. The number of aryl methyl sites for hydroxylation is 1. The maximum absolute atomic E-state index is 12.9. The van der Waals surface area contributed by atoms with Crippen molar-refractivity contribution < 1.29 is 26.4 Å². The molecular weight excluding hydrogens is 429 g/mol. The van der Waals surface area contributed by atoms with Crippen molar-refractivity contribution in [1.82, 2.24) is 0 Å². The summed E-state index contributed by atoms with van der Waals surface area (Å²) in [7, 11) is -3.43. The van der Waals surface area contributed by atoms with Crippen LogP contribution in [0.15, 0.2) is 36.4 Å². The van der Waals surface area contributed by atoms with E-state index in [0.29, 0.717) is 30.6 Å². The van der Waals surface area contributed by atoms with E-state index in [1.807, 2.05) is 0 Å². The quantitative estimate of drug-likeness (QED) is 0.739. The van der Waals surface area contributed by atoms with Gasteiger partial charge in [-0.15, -0.1) is 0 Å². The molecule has 5 nitrogen and oxygen atoms in total. The van der Waals surface area contributed by atoms with E-state index in [2.05, 4.69) is 5.32 Å². The Morgan fingerprint density at radius 2 is 1.93 bits per heavy atom. The molecule has 0 saturated heterocycles. The number of carbonyl (C=O) groups is 1. The molecule has 1 aliphatic heterocycles. The van der Waals surface area contributed by atoms with Gasteiger partial charge in [0.05, 0.1) is 27.7 Å². The lowest BCUT2D eigenvalue weighted by Crippen LogP contribution is -2.36. The summed E-state index contributed by atoms with van der Waals surface area (Å²) in [6.07, 6.45) is -3.36. The van der Waals surface area contributed by atoms with E-state index < -0.39 is 27.7 Å². The molecule has 0 saturated carbocycles. The normalized spacial score (nSPS) is 14.4. The zero-order valence-corrected chi connectivity index (χ0v) is 17.0. The Morgan fingerprint density at radius 1 is 1.21 bits per heavy atom. The second kappa shape index (κ2) is 7.87. The number of carbonyl (C=O) groups excluding carboxylic acids is 1. The molecule has 0 radical (unpaired) electrons. The van der Waals surface area contributed by atoms with Crippen LogP contribution in [0.4, 0.5) is 24.5 Å². The molecule has 1 aliphatic rings. The predicted molar refractivity (Wildman–Crippen MR) is 106 cm³/mol. The lowest BCUT2D eigenvalue weighted by molar-refractivity contribution is -0.137. The Morgan fingerprint density at radius 3 is 2.59 bits per heavy atom. The highest BCUT2D eigenvalue weighted by Crippen LogP contribution is 2.34. The molecule has 0 aliphatic carbocycles. The molecule has 0 unspecified atom stereocenters. The molecule has 0 atom stereocenters. The number of halogens is 4. The van der Waals surface area contributed by atoms with Crippen LogP contribution in [-0.2, 0) is 22.6 Å². The molecule has 2 aromatic carbocycles. The molecule has 1 N–H and O–H groups in total. The molecule has 0 aromatic heterocycles. The number of anilines is 2. The topological polar surface area (TPSA) is 66.5 Å². The molecule has 3 rings (SSSR count). The highest BCUT2D eigenvalue weighted by atomic mass is 35.5. The number of amides is 1. The van der Waals surface area contributed by atoms with Gasteiger partial charge in [-0.05, 0) is 61.7 Å². The van der Waals surface area contributed by atoms with Gasteiger partial charge in [-0.25, -0.2) is 8.42 Å². The van der Waals surface area contributed by atoms with Crippen LogP contribution in [0.25, 0.3) is 0 Å². The van der Waals surface area contributed by atoms with Gasteiger partial charge in [-0.1, -0.05) is 11.6 Å². The minimum atomic E-state index is -4.57. The van der Waals surface area contributed by atoms with Crippen molar-refractivity contribution in [2.45, 2.75) is 25.9 Å². The van der Waals surface area contributed by atoms with E-state index in [1.54, 1.807) is 19.1 Å². The molecule has 0 fully saturated rings. The van der Waals surface area contributed by atoms with Crippen molar-refractivity contribution in [3.8, 4) is 0 Å². The summed E-state index contributed by atoms with van der Waals surface area (Å²) in [6.45, 7) is 1.93. The average Bonchev–Trinajstić information content (AvgIpc) is 2.67. The van der Waals surface area contributed by atoms with Gasteiger partial charge in [0.2, 0.25) is 10.0 Å². The zero-order valence-electron chi connectivity index (χ0n) is 15.4. The van der Waals surface area contributed by atoms with Crippen molar-refractivity contribution in [3.63, 3.8) is 0 Å². The summed E-state index contributed by atoms with van der Waals surface area (Å²) in [5.74, 6) is -0.674. The number of hydrogen-bond donors (Lipinski definition) is 1. The molecule has 1 amide bonds. The molecule has 2 aromatic rings. The first-order valence-corrected chi connectivity index (χ1v) is 10.8. The van der Waals surface area contributed by atoms with Crippen molar-refractivity contribution in [2.24, 2.45) is 0 Å². The molecule has 10 heteroatoms. The van der Waals surface area contributed by atoms with Crippen LogP contribution < -0.4 is 9.62 Å². The van der Waals surface area contributed by atoms with Crippen LogP contribution >= 0.6 is 11.6 Å². The molecule has 1 heterocycles. The number of fused-ring (bicyclic) bond motifs is 1.